The highest BCUT2D eigenvalue weighted by Gasteiger charge is 2.28. The highest BCUT2D eigenvalue weighted by Crippen LogP contribution is 2.39. The highest BCUT2D eigenvalue weighted by atomic mass is 32.2. The Morgan fingerprint density at radius 3 is 2.53 bits per heavy atom. The van der Waals surface area contributed by atoms with Gasteiger partial charge in [-0.05, 0) is 36.6 Å². The summed E-state index contributed by atoms with van der Waals surface area (Å²) in [4.78, 5) is 38.8. The number of piperazine rings is 1. The lowest BCUT2D eigenvalue weighted by Gasteiger charge is -2.33. The summed E-state index contributed by atoms with van der Waals surface area (Å²) in [6, 6.07) is 8.59. The molecule has 0 atom stereocenters. The molecule has 1 aliphatic heterocycles. The van der Waals surface area contributed by atoms with Crippen molar-refractivity contribution in [3.63, 3.8) is 0 Å². The number of hydrogen-bond acceptors (Lipinski definition) is 11. The monoisotopic (exact) mass is 677 g/mol. The Morgan fingerprint density at radius 2 is 1.85 bits per heavy atom. The van der Waals surface area contributed by atoms with Crippen molar-refractivity contribution in [2.24, 2.45) is 0 Å². The van der Waals surface area contributed by atoms with E-state index in [1.54, 1.807) is 37.3 Å². The fourth-order valence-corrected chi connectivity index (χ4v) is 8.18. The number of amides is 1. The lowest BCUT2D eigenvalue weighted by molar-refractivity contribution is 0.0815. The molecule has 2 N–H and O–H groups in total. The average molecular weight is 678 g/mol. The van der Waals surface area contributed by atoms with E-state index in [2.05, 4.69) is 10.3 Å². The second-order valence-corrected chi connectivity index (χ2v) is 15.1. The Kier molecular flexibility index (Phi) is 7.92. The van der Waals surface area contributed by atoms with Gasteiger partial charge >= 0.3 is 0 Å². The molecule has 0 unspecified atom stereocenters. The number of phenols is 1. The number of nitrogens with one attached hydrogen (secondary N) is 1. The maximum atomic E-state index is 13.0. The van der Waals surface area contributed by atoms with Crippen molar-refractivity contribution in [2.75, 3.05) is 56.7 Å². The molecule has 1 saturated heterocycles. The van der Waals surface area contributed by atoms with Crippen LogP contribution in [0.2, 0.25) is 0 Å². The fourth-order valence-electron chi connectivity index (χ4n) is 6.44. The van der Waals surface area contributed by atoms with E-state index in [-0.39, 0.29) is 29.1 Å². The van der Waals surface area contributed by atoms with Crippen molar-refractivity contribution in [3.8, 4) is 16.9 Å². The van der Waals surface area contributed by atoms with Crippen LogP contribution in [0.3, 0.4) is 0 Å². The predicted molar refractivity (Wildman–Crippen MR) is 182 cm³/mol. The molecular weight excluding hydrogens is 643 g/mol. The van der Waals surface area contributed by atoms with Crippen molar-refractivity contribution in [2.45, 2.75) is 31.7 Å². The molecule has 5 aromatic rings. The third kappa shape index (κ3) is 5.83. The van der Waals surface area contributed by atoms with Crippen LogP contribution in [0, 0.1) is 0 Å². The number of thiophene rings is 1. The minimum atomic E-state index is -3.29. The van der Waals surface area contributed by atoms with Gasteiger partial charge in [0.1, 0.15) is 21.8 Å². The normalized spacial score (nSPS) is 16.4. The first-order valence-electron chi connectivity index (χ1n) is 15.4. The number of phenolic OH excluding ortho intramolecular Hbond substituents is 1. The van der Waals surface area contributed by atoms with Gasteiger partial charge < -0.3 is 29.2 Å². The van der Waals surface area contributed by atoms with Crippen LogP contribution in [0.5, 0.6) is 5.75 Å². The third-order valence-corrected chi connectivity index (χ3v) is 11.2. The summed E-state index contributed by atoms with van der Waals surface area (Å²) < 4.78 is 34.0. The largest absolute Gasteiger partial charge is 0.506 e. The predicted octanol–water partition coefficient (Wildman–Crippen LogP) is 4.61. The second-order valence-electron chi connectivity index (χ2n) is 12.3. The van der Waals surface area contributed by atoms with Crippen molar-refractivity contribution in [1.29, 1.82) is 0 Å². The van der Waals surface area contributed by atoms with E-state index in [0.717, 1.165) is 31.1 Å². The Bertz CT molecular complexity index is 2180. The van der Waals surface area contributed by atoms with Gasteiger partial charge in [-0.25, -0.2) is 13.4 Å². The summed E-state index contributed by atoms with van der Waals surface area (Å²) in [6.45, 7) is 1.40. The molecule has 1 aromatic carbocycles. The first-order chi connectivity index (χ1) is 22.5. The van der Waals surface area contributed by atoms with Crippen LogP contribution in [-0.4, -0.2) is 89.7 Å². The van der Waals surface area contributed by atoms with Gasteiger partial charge in [-0.1, -0.05) is 18.9 Å². The number of hydrogen-bond donors (Lipinski definition) is 2. The second kappa shape index (κ2) is 12.0. The van der Waals surface area contributed by atoms with Gasteiger partial charge in [-0.15, -0.1) is 11.3 Å². The summed E-state index contributed by atoms with van der Waals surface area (Å²) in [7, 11) is 0.181. The number of sulfonamides is 1. The molecule has 1 saturated carbocycles. The van der Waals surface area contributed by atoms with Crippen LogP contribution in [0.25, 0.3) is 32.4 Å². The van der Waals surface area contributed by atoms with Gasteiger partial charge in [0, 0.05) is 74.9 Å². The lowest BCUT2D eigenvalue weighted by atomic mass is 10.1. The number of carbonyl (C=O) groups excluding carboxylic acids is 1. The molecule has 1 aliphatic carbocycles. The Morgan fingerprint density at radius 1 is 1.11 bits per heavy atom. The van der Waals surface area contributed by atoms with E-state index in [9.17, 15) is 23.1 Å². The lowest BCUT2D eigenvalue weighted by Crippen LogP contribution is -2.48. The van der Waals surface area contributed by atoms with Crippen LogP contribution < -0.4 is 15.6 Å². The van der Waals surface area contributed by atoms with Gasteiger partial charge in [0.25, 0.3) is 5.91 Å². The number of anilines is 3. The molecule has 0 spiro atoms. The van der Waals surface area contributed by atoms with E-state index in [4.69, 9.17) is 9.40 Å². The molecule has 0 radical (unpaired) electrons. The van der Waals surface area contributed by atoms with Crippen LogP contribution in [-0.2, 0) is 10.0 Å². The zero-order valence-corrected chi connectivity index (χ0v) is 27.9. The molecule has 7 rings (SSSR count). The smallest absolute Gasteiger partial charge is 0.270 e. The molecule has 5 heterocycles. The van der Waals surface area contributed by atoms with Crippen molar-refractivity contribution >= 4 is 66.1 Å². The van der Waals surface area contributed by atoms with Crippen LogP contribution >= 0.6 is 11.3 Å². The minimum absolute atomic E-state index is 0.0457. The minimum Gasteiger partial charge on any atom is -0.506 e. The first-order valence-corrected chi connectivity index (χ1v) is 18.2. The standard InChI is InChI=1S/C32H35N7O6S2/c1-36(2)31(42)24-14-20-17-33-32(35-30(20)39(24)21-6-4-5-7-21)34-23-9-8-19(15-25(23)40)22-18-46-29-26(41)16-27(45-28(22)29)37-10-12-38(13-11-37)47(3,43)44/h8-9,14-18,21,40H,4-7,10-13H2,1-3H3,(H,33,34,35). The van der Waals surface area contributed by atoms with Gasteiger partial charge in [0.05, 0.1) is 11.9 Å². The Labute approximate surface area is 275 Å². The fraction of sp³-hybridized carbons (Fsp3) is 0.375. The summed E-state index contributed by atoms with van der Waals surface area (Å²) >= 11 is 1.27. The average Bonchev–Trinajstić information content (AvgIpc) is 3.80. The zero-order valence-electron chi connectivity index (χ0n) is 26.3. The Hall–Kier alpha value is -4.47. The third-order valence-electron chi connectivity index (χ3n) is 8.90. The van der Waals surface area contributed by atoms with E-state index >= 15 is 0 Å². The van der Waals surface area contributed by atoms with Crippen LogP contribution in [0.4, 0.5) is 17.5 Å². The molecule has 1 amide bonds. The van der Waals surface area contributed by atoms with Gasteiger partial charge in [-0.2, -0.15) is 9.29 Å². The van der Waals surface area contributed by atoms with E-state index in [1.807, 2.05) is 27.0 Å². The SMILES string of the molecule is CN(C)C(=O)c1cc2cnc(Nc3ccc(-c4csc5c(=O)cc(N6CCN(S(C)(=O)=O)CC6)oc45)cc3O)nc2n1C1CCCC1. The number of benzene rings is 1. The van der Waals surface area contributed by atoms with E-state index in [1.165, 1.54) is 28.0 Å². The number of carbonyl (C=O) groups is 1. The molecule has 2 aliphatic rings. The number of aromatic nitrogens is 3. The molecule has 4 aromatic heterocycles. The number of nitrogens with zero attached hydrogens (tertiary/aromatic N) is 6. The summed E-state index contributed by atoms with van der Waals surface area (Å²) in [5.74, 6) is 0.532. The van der Waals surface area contributed by atoms with E-state index in [0.29, 0.717) is 70.5 Å². The zero-order chi connectivity index (χ0) is 33.0. The molecular formula is C32H35N7O6S2. The molecule has 13 nitrogen and oxygen atoms in total. The summed E-state index contributed by atoms with van der Waals surface area (Å²) in [5, 5.41) is 16.8. The topological polar surface area (TPSA) is 154 Å². The van der Waals surface area contributed by atoms with E-state index < -0.39 is 10.0 Å². The van der Waals surface area contributed by atoms with Crippen molar-refractivity contribution in [3.05, 3.63) is 57.8 Å². The van der Waals surface area contributed by atoms with Crippen LogP contribution in [0.1, 0.15) is 42.2 Å². The van der Waals surface area contributed by atoms with Gasteiger partial charge in [0.2, 0.25) is 21.4 Å². The maximum Gasteiger partial charge on any atom is 0.270 e. The van der Waals surface area contributed by atoms with Crippen molar-refractivity contribution in [1.82, 2.24) is 23.7 Å². The highest BCUT2D eigenvalue weighted by molar-refractivity contribution is 7.88. The molecule has 47 heavy (non-hydrogen) atoms. The first kappa shape index (κ1) is 31.1. The Balaban J connectivity index is 1.17. The number of rotatable bonds is 7. The summed E-state index contributed by atoms with van der Waals surface area (Å²) in [6.07, 6.45) is 7.03. The number of fused-ring (bicyclic) bond motifs is 2. The molecule has 2 fully saturated rings. The van der Waals surface area contributed by atoms with Crippen molar-refractivity contribution < 1.29 is 22.7 Å². The van der Waals surface area contributed by atoms with Gasteiger partial charge in [-0.3, -0.25) is 9.59 Å². The quantitative estimate of drug-likeness (QED) is 0.234. The maximum absolute atomic E-state index is 13.0. The molecule has 15 heteroatoms. The summed E-state index contributed by atoms with van der Waals surface area (Å²) in [5.41, 5.74) is 3.18. The molecule has 246 valence electrons. The van der Waals surface area contributed by atoms with Crippen LogP contribution in [0.15, 0.2) is 51.1 Å². The number of aromatic hydroxyl groups is 1. The molecule has 0 bridgehead atoms. The van der Waals surface area contributed by atoms with Gasteiger partial charge in [0.15, 0.2) is 11.5 Å².